The molecular formula is C8H9N3O6. The Morgan fingerprint density at radius 3 is 2.24 bits per heavy atom. The van der Waals surface area contributed by atoms with Crippen LogP contribution in [0.25, 0.3) is 0 Å². The van der Waals surface area contributed by atoms with Crippen molar-refractivity contribution in [3.8, 4) is 5.75 Å². The number of anilines is 1. The second kappa shape index (κ2) is 5.07. The summed E-state index contributed by atoms with van der Waals surface area (Å²) in [7, 11) is 2.38. The normalized spacial score (nSPS) is 9.76. The molecular weight excluding hydrogens is 234 g/mol. The summed E-state index contributed by atoms with van der Waals surface area (Å²) in [6.45, 7) is 0. The number of nitro groups is 2. The highest BCUT2D eigenvalue weighted by Gasteiger charge is 2.30. The Morgan fingerprint density at radius 2 is 1.82 bits per heavy atom. The van der Waals surface area contributed by atoms with Crippen LogP contribution in [0.5, 0.6) is 5.75 Å². The molecule has 9 heteroatoms. The van der Waals surface area contributed by atoms with Crippen LogP contribution < -0.4 is 10.2 Å². The highest BCUT2D eigenvalue weighted by Crippen LogP contribution is 2.41. The monoisotopic (exact) mass is 243 g/mol. The van der Waals surface area contributed by atoms with Gasteiger partial charge in [0.1, 0.15) is 5.69 Å². The lowest BCUT2D eigenvalue weighted by molar-refractivity contribution is -0.395. The molecule has 1 rings (SSSR count). The van der Waals surface area contributed by atoms with Crippen LogP contribution in [0.2, 0.25) is 0 Å². The molecule has 0 fully saturated rings. The smallest absolute Gasteiger partial charge is 0.343 e. The summed E-state index contributed by atoms with van der Waals surface area (Å²) in [5.41, 5.74) is 1.19. The fraction of sp³-hybridized carbons (Fsp3) is 0.250. The summed E-state index contributed by atoms with van der Waals surface area (Å²) in [6.07, 6.45) is 0. The zero-order valence-corrected chi connectivity index (χ0v) is 9.00. The molecule has 0 unspecified atom stereocenters. The number of ether oxygens (including phenoxy) is 1. The Bertz CT molecular complexity index is 461. The molecule has 0 radical (unpaired) electrons. The topological polar surface area (TPSA) is 117 Å². The Balaban J connectivity index is 3.49. The summed E-state index contributed by atoms with van der Waals surface area (Å²) < 4.78 is 4.71. The van der Waals surface area contributed by atoms with Gasteiger partial charge in [0.2, 0.25) is 0 Å². The van der Waals surface area contributed by atoms with Crippen molar-refractivity contribution in [1.29, 1.82) is 0 Å². The van der Waals surface area contributed by atoms with Gasteiger partial charge < -0.3 is 4.74 Å². The second-order valence-corrected chi connectivity index (χ2v) is 2.83. The molecule has 0 aliphatic heterocycles. The quantitative estimate of drug-likeness (QED) is 0.614. The third kappa shape index (κ3) is 2.39. The third-order valence-electron chi connectivity index (χ3n) is 1.91. The van der Waals surface area contributed by atoms with Gasteiger partial charge in [-0.3, -0.25) is 30.5 Å². The van der Waals surface area contributed by atoms with Crippen molar-refractivity contribution >= 4 is 17.1 Å². The number of hydrogen-bond acceptors (Lipinski definition) is 7. The van der Waals surface area contributed by atoms with Crippen molar-refractivity contribution in [2.24, 2.45) is 0 Å². The standard InChI is InChI=1S/C8H9N3O6/c1-16-8-6(10(12)13)4-3-5(9-17-2)7(8)11(14)15/h3-4,9H,1-2H3. The van der Waals surface area contributed by atoms with Crippen LogP contribution in [0.4, 0.5) is 17.1 Å². The first-order chi connectivity index (χ1) is 8.02. The molecule has 0 aliphatic carbocycles. The molecule has 17 heavy (non-hydrogen) atoms. The third-order valence-corrected chi connectivity index (χ3v) is 1.91. The Kier molecular flexibility index (Phi) is 3.78. The predicted molar refractivity (Wildman–Crippen MR) is 56.9 cm³/mol. The Morgan fingerprint density at radius 1 is 1.18 bits per heavy atom. The maximum absolute atomic E-state index is 10.9. The summed E-state index contributed by atoms with van der Waals surface area (Å²) >= 11 is 0. The van der Waals surface area contributed by atoms with E-state index in [1.54, 1.807) is 0 Å². The SMILES string of the molecule is CONc1ccc([N+](=O)[O-])c(OC)c1[N+](=O)[O-]. The molecule has 92 valence electrons. The predicted octanol–water partition coefficient (Wildman–Crippen LogP) is 1.48. The van der Waals surface area contributed by atoms with Crippen molar-refractivity contribution in [1.82, 2.24) is 0 Å². The van der Waals surface area contributed by atoms with E-state index in [-0.39, 0.29) is 5.69 Å². The summed E-state index contributed by atoms with van der Waals surface area (Å²) in [5.74, 6) is -0.429. The van der Waals surface area contributed by atoms with Crippen LogP contribution in [-0.4, -0.2) is 24.1 Å². The van der Waals surface area contributed by atoms with Gasteiger partial charge in [-0.2, -0.15) is 0 Å². The average Bonchev–Trinajstić information content (AvgIpc) is 2.27. The minimum Gasteiger partial charge on any atom is -0.485 e. The number of rotatable bonds is 5. The van der Waals surface area contributed by atoms with Crippen LogP contribution in [-0.2, 0) is 4.84 Å². The van der Waals surface area contributed by atoms with E-state index in [0.29, 0.717) is 0 Å². The highest BCUT2D eigenvalue weighted by atomic mass is 16.6. The molecule has 0 amide bonds. The van der Waals surface area contributed by atoms with Gasteiger partial charge in [-0.1, -0.05) is 0 Å². The van der Waals surface area contributed by atoms with Crippen LogP contribution in [0, 0.1) is 20.2 Å². The first kappa shape index (κ1) is 12.6. The summed E-state index contributed by atoms with van der Waals surface area (Å²) in [6, 6.07) is 2.26. The number of nitro benzene ring substituents is 2. The molecule has 0 spiro atoms. The molecule has 0 aromatic heterocycles. The zero-order valence-electron chi connectivity index (χ0n) is 9.00. The molecule has 1 aromatic rings. The van der Waals surface area contributed by atoms with Gasteiger partial charge in [0, 0.05) is 6.07 Å². The molecule has 0 atom stereocenters. The van der Waals surface area contributed by atoms with Gasteiger partial charge in [-0.15, -0.1) is 0 Å². The lowest BCUT2D eigenvalue weighted by atomic mass is 10.2. The second-order valence-electron chi connectivity index (χ2n) is 2.83. The first-order valence-corrected chi connectivity index (χ1v) is 4.31. The number of methoxy groups -OCH3 is 1. The van der Waals surface area contributed by atoms with Gasteiger partial charge in [0.05, 0.1) is 24.1 Å². The lowest BCUT2D eigenvalue weighted by Crippen LogP contribution is -2.04. The first-order valence-electron chi connectivity index (χ1n) is 4.31. The van der Waals surface area contributed by atoms with Crippen molar-refractivity contribution < 1.29 is 19.4 Å². The van der Waals surface area contributed by atoms with Crippen LogP contribution >= 0.6 is 0 Å². The Hall–Kier alpha value is -2.42. The zero-order chi connectivity index (χ0) is 13.0. The maximum Gasteiger partial charge on any atom is 0.343 e. The number of hydrogen-bond donors (Lipinski definition) is 1. The van der Waals surface area contributed by atoms with Gasteiger partial charge in [-0.05, 0) is 6.07 Å². The van der Waals surface area contributed by atoms with E-state index in [4.69, 9.17) is 4.74 Å². The van der Waals surface area contributed by atoms with Crippen molar-refractivity contribution in [3.63, 3.8) is 0 Å². The molecule has 0 aliphatic rings. The molecule has 0 saturated heterocycles. The Labute approximate surface area is 95.2 Å². The number of benzene rings is 1. The van der Waals surface area contributed by atoms with E-state index in [0.717, 1.165) is 13.2 Å². The molecule has 0 bridgehead atoms. The summed E-state index contributed by atoms with van der Waals surface area (Å²) in [5, 5.41) is 21.5. The van der Waals surface area contributed by atoms with Gasteiger partial charge in [-0.25, -0.2) is 0 Å². The molecule has 9 nitrogen and oxygen atoms in total. The van der Waals surface area contributed by atoms with Crippen LogP contribution in [0.3, 0.4) is 0 Å². The van der Waals surface area contributed by atoms with Crippen molar-refractivity contribution in [2.45, 2.75) is 0 Å². The van der Waals surface area contributed by atoms with E-state index in [9.17, 15) is 20.2 Å². The molecule has 0 heterocycles. The van der Waals surface area contributed by atoms with Crippen LogP contribution in [0.1, 0.15) is 0 Å². The highest BCUT2D eigenvalue weighted by molar-refractivity contribution is 5.74. The van der Waals surface area contributed by atoms with E-state index in [1.807, 2.05) is 0 Å². The minimum atomic E-state index is -0.785. The van der Waals surface area contributed by atoms with E-state index in [2.05, 4.69) is 10.3 Å². The molecule has 1 N–H and O–H groups in total. The average molecular weight is 243 g/mol. The molecule has 0 saturated carbocycles. The van der Waals surface area contributed by atoms with Crippen molar-refractivity contribution in [3.05, 3.63) is 32.4 Å². The van der Waals surface area contributed by atoms with Gasteiger partial charge in [0.15, 0.2) is 0 Å². The number of nitrogens with one attached hydrogen (secondary N) is 1. The van der Waals surface area contributed by atoms with Gasteiger partial charge in [0.25, 0.3) is 5.75 Å². The number of nitrogens with zero attached hydrogens (tertiary/aromatic N) is 2. The fourth-order valence-corrected chi connectivity index (χ4v) is 1.28. The fourth-order valence-electron chi connectivity index (χ4n) is 1.28. The largest absolute Gasteiger partial charge is 0.485 e. The summed E-state index contributed by atoms with van der Waals surface area (Å²) in [4.78, 5) is 24.5. The van der Waals surface area contributed by atoms with E-state index in [1.165, 1.54) is 13.2 Å². The maximum atomic E-state index is 10.9. The molecule has 1 aromatic carbocycles. The van der Waals surface area contributed by atoms with Crippen molar-refractivity contribution in [2.75, 3.05) is 19.7 Å². The lowest BCUT2D eigenvalue weighted by Gasteiger charge is -2.07. The van der Waals surface area contributed by atoms with Gasteiger partial charge >= 0.3 is 11.4 Å². The van der Waals surface area contributed by atoms with E-state index < -0.39 is 27.0 Å². The minimum absolute atomic E-state index is 0.0278. The van der Waals surface area contributed by atoms with E-state index >= 15 is 0 Å². The van der Waals surface area contributed by atoms with Crippen LogP contribution in [0.15, 0.2) is 12.1 Å².